The molecule has 0 aliphatic carbocycles. The second-order valence-corrected chi connectivity index (χ2v) is 5.79. The highest BCUT2D eigenvalue weighted by molar-refractivity contribution is 6.33. The standard InChI is InChI=1S/C14H18ClN3O/c1-14(2,3)12-11(15)13(16)18(17-12)9-6-5-7-10(8-9)19-4/h5-8H,16H2,1-4H3. The molecule has 1 heterocycles. The SMILES string of the molecule is COc1cccc(-n2nc(C(C)(C)C)c(Cl)c2N)c1. The molecule has 5 heteroatoms. The largest absolute Gasteiger partial charge is 0.497 e. The van der Waals surface area contributed by atoms with Gasteiger partial charge in [-0.2, -0.15) is 5.10 Å². The number of halogens is 1. The van der Waals surface area contributed by atoms with Crippen molar-refractivity contribution in [3.63, 3.8) is 0 Å². The van der Waals surface area contributed by atoms with Crippen LogP contribution in [0.4, 0.5) is 5.82 Å². The average Bonchev–Trinajstić information content (AvgIpc) is 2.66. The quantitative estimate of drug-likeness (QED) is 0.916. The molecule has 1 aromatic heterocycles. The molecule has 2 aromatic rings. The van der Waals surface area contributed by atoms with Gasteiger partial charge in [-0.15, -0.1) is 0 Å². The average molecular weight is 280 g/mol. The van der Waals surface area contributed by atoms with E-state index in [1.807, 2.05) is 24.3 Å². The zero-order valence-corrected chi connectivity index (χ0v) is 12.3. The molecule has 0 radical (unpaired) electrons. The van der Waals surface area contributed by atoms with Crippen LogP contribution in [0.5, 0.6) is 5.75 Å². The van der Waals surface area contributed by atoms with Crippen molar-refractivity contribution in [1.82, 2.24) is 9.78 Å². The van der Waals surface area contributed by atoms with Gasteiger partial charge in [0.15, 0.2) is 0 Å². The van der Waals surface area contributed by atoms with Crippen LogP contribution in [-0.4, -0.2) is 16.9 Å². The zero-order chi connectivity index (χ0) is 14.2. The molecule has 0 fully saturated rings. The van der Waals surface area contributed by atoms with Crippen LogP contribution in [0.15, 0.2) is 24.3 Å². The van der Waals surface area contributed by atoms with Gasteiger partial charge >= 0.3 is 0 Å². The highest BCUT2D eigenvalue weighted by atomic mass is 35.5. The number of rotatable bonds is 2. The van der Waals surface area contributed by atoms with Crippen LogP contribution in [0, 0.1) is 0 Å². The number of nitrogens with zero attached hydrogens (tertiary/aromatic N) is 2. The smallest absolute Gasteiger partial charge is 0.146 e. The minimum atomic E-state index is -0.157. The van der Waals surface area contributed by atoms with Gasteiger partial charge in [0, 0.05) is 11.5 Å². The molecule has 19 heavy (non-hydrogen) atoms. The van der Waals surface area contributed by atoms with Crippen LogP contribution in [0.2, 0.25) is 5.02 Å². The first-order valence-electron chi connectivity index (χ1n) is 6.03. The fourth-order valence-electron chi connectivity index (χ4n) is 1.83. The lowest BCUT2D eigenvalue weighted by Crippen LogP contribution is -2.13. The van der Waals surface area contributed by atoms with E-state index in [1.165, 1.54) is 0 Å². The summed E-state index contributed by atoms with van der Waals surface area (Å²) in [5.41, 5.74) is 7.51. The van der Waals surface area contributed by atoms with Gasteiger partial charge in [-0.25, -0.2) is 4.68 Å². The first-order valence-corrected chi connectivity index (χ1v) is 6.41. The Balaban J connectivity index is 2.57. The molecule has 0 atom stereocenters. The Morgan fingerprint density at radius 3 is 2.53 bits per heavy atom. The molecule has 0 spiro atoms. The lowest BCUT2D eigenvalue weighted by Gasteiger charge is -2.15. The van der Waals surface area contributed by atoms with E-state index in [4.69, 9.17) is 22.1 Å². The van der Waals surface area contributed by atoms with E-state index in [2.05, 4.69) is 25.9 Å². The summed E-state index contributed by atoms with van der Waals surface area (Å²) in [6.45, 7) is 6.16. The topological polar surface area (TPSA) is 53.1 Å². The van der Waals surface area contributed by atoms with E-state index in [1.54, 1.807) is 11.8 Å². The number of ether oxygens (including phenoxy) is 1. The Bertz CT molecular complexity index is 599. The monoisotopic (exact) mass is 279 g/mol. The van der Waals surface area contributed by atoms with Gasteiger partial charge in [-0.1, -0.05) is 38.4 Å². The number of benzene rings is 1. The molecule has 0 bridgehead atoms. The van der Waals surface area contributed by atoms with E-state index in [9.17, 15) is 0 Å². The van der Waals surface area contributed by atoms with E-state index >= 15 is 0 Å². The lowest BCUT2D eigenvalue weighted by molar-refractivity contribution is 0.414. The second kappa shape index (κ2) is 4.78. The van der Waals surface area contributed by atoms with Crippen molar-refractivity contribution < 1.29 is 4.74 Å². The van der Waals surface area contributed by atoms with Crippen molar-refractivity contribution in [2.75, 3.05) is 12.8 Å². The minimum Gasteiger partial charge on any atom is -0.497 e. The van der Waals surface area contributed by atoms with Crippen molar-refractivity contribution in [1.29, 1.82) is 0 Å². The summed E-state index contributed by atoms with van der Waals surface area (Å²) in [7, 11) is 1.62. The summed E-state index contributed by atoms with van der Waals surface area (Å²) in [4.78, 5) is 0. The van der Waals surface area contributed by atoms with Gasteiger partial charge in [0.25, 0.3) is 0 Å². The van der Waals surface area contributed by atoms with Gasteiger partial charge < -0.3 is 10.5 Å². The highest BCUT2D eigenvalue weighted by Crippen LogP contribution is 2.34. The third kappa shape index (κ3) is 2.54. The Kier molecular flexibility index (Phi) is 3.45. The van der Waals surface area contributed by atoms with Gasteiger partial charge in [0.05, 0.1) is 18.5 Å². The van der Waals surface area contributed by atoms with Crippen LogP contribution in [0.3, 0.4) is 0 Å². The fourth-order valence-corrected chi connectivity index (χ4v) is 2.23. The summed E-state index contributed by atoms with van der Waals surface area (Å²) in [5, 5.41) is 5.04. The Labute approximate surface area is 118 Å². The van der Waals surface area contributed by atoms with Crippen LogP contribution in [0.1, 0.15) is 26.5 Å². The lowest BCUT2D eigenvalue weighted by atomic mass is 9.92. The fraction of sp³-hybridized carbons (Fsp3) is 0.357. The van der Waals surface area contributed by atoms with Crippen molar-refractivity contribution in [3.8, 4) is 11.4 Å². The number of anilines is 1. The van der Waals surface area contributed by atoms with E-state index in [-0.39, 0.29) is 5.41 Å². The third-order valence-corrected chi connectivity index (χ3v) is 3.24. The van der Waals surface area contributed by atoms with Gasteiger partial charge in [0.1, 0.15) is 16.6 Å². The molecule has 0 saturated heterocycles. The molecule has 0 aliphatic rings. The minimum absolute atomic E-state index is 0.157. The van der Waals surface area contributed by atoms with Crippen molar-refractivity contribution in [2.45, 2.75) is 26.2 Å². The summed E-state index contributed by atoms with van der Waals surface area (Å²) >= 11 is 6.28. The molecular formula is C14H18ClN3O. The van der Waals surface area contributed by atoms with Crippen LogP contribution in [-0.2, 0) is 5.41 Å². The number of methoxy groups -OCH3 is 1. The van der Waals surface area contributed by atoms with Crippen LogP contribution >= 0.6 is 11.6 Å². The molecule has 102 valence electrons. The number of nitrogen functional groups attached to an aromatic ring is 1. The molecule has 0 amide bonds. The van der Waals surface area contributed by atoms with E-state index in [0.717, 1.165) is 17.1 Å². The van der Waals surface area contributed by atoms with Crippen LogP contribution < -0.4 is 10.5 Å². The Morgan fingerprint density at radius 1 is 1.32 bits per heavy atom. The first kappa shape index (κ1) is 13.7. The Hall–Kier alpha value is -1.68. The predicted octanol–water partition coefficient (Wildman–Crippen LogP) is 3.41. The zero-order valence-electron chi connectivity index (χ0n) is 11.6. The molecule has 0 aliphatic heterocycles. The first-order chi connectivity index (χ1) is 8.84. The summed E-state index contributed by atoms with van der Waals surface area (Å²) in [5.74, 6) is 1.20. The van der Waals surface area contributed by atoms with Crippen LogP contribution in [0.25, 0.3) is 5.69 Å². The van der Waals surface area contributed by atoms with Gasteiger partial charge in [-0.05, 0) is 12.1 Å². The molecule has 4 nitrogen and oxygen atoms in total. The van der Waals surface area contributed by atoms with Crippen molar-refractivity contribution in [2.24, 2.45) is 0 Å². The number of hydrogen-bond donors (Lipinski definition) is 1. The van der Waals surface area contributed by atoms with Gasteiger partial charge in [0.2, 0.25) is 0 Å². The summed E-state index contributed by atoms with van der Waals surface area (Å²) in [6, 6.07) is 7.54. The summed E-state index contributed by atoms with van der Waals surface area (Å²) < 4.78 is 6.85. The predicted molar refractivity (Wildman–Crippen MR) is 78.2 cm³/mol. The second-order valence-electron chi connectivity index (χ2n) is 5.41. The van der Waals surface area contributed by atoms with E-state index < -0.39 is 0 Å². The molecule has 1 aromatic carbocycles. The molecular weight excluding hydrogens is 262 g/mol. The number of aromatic nitrogens is 2. The summed E-state index contributed by atoms with van der Waals surface area (Å²) in [6.07, 6.45) is 0. The maximum Gasteiger partial charge on any atom is 0.146 e. The molecule has 2 N–H and O–H groups in total. The third-order valence-electron chi connectivity index (χ3n) is 2.87. The maximum atomic E-state index is 6.28. The maximum absolute atomic E-state index is 6.28. The van der Waals surface area contributed by atoms with E-state index in [0.29, 0.717) is 10.8 Å². The Morgan fingerprint density at radius 2 is 2.00 bits per heavy atom. The molecule has 0 saturated carbocycles. The number of nitrogens with two attached hydrogens (primary N) is 1. The van der Waals surface area contributed by atoms with Crippen molar-refractivity contribution in [3.05, 3.63) is 35.0 Å². The molecule has 0 unspecified atom stereocenters. The molecule has 2 rings (SSSR count). The highest BCUT2D eigenvalue weighted by Gasteiger charge is 2.25. The normalized spacial score (nSPS) is 11.6. The number of hydrogen-bond acceptors (Lipinski definition) is 3. The van der Waals surface area contributed by atoms with Crippen molar-refractivity contribution >= 4 is 17.4 Å². The van der Waals surface area contributed by atoms with Gasteiger partial charge in [-0.3, -0.25) is 0 Å².